The number of hydrogen-bond acceptors (Lipinski definition) is 5. The van der Waals surface area contributed by atoms with Crippen LogP contribution in [0.3, 0.4) is 0 Å². The van der Waals surface area contributed by atoms with Crippen molar-refractivity contribution in [3.63, 3.8) is 0 Å². The summed E-state index contributed by atoms with van der Waals surface area (Å²) in [6, 6.07) is 9.61. The molecule has 4 rings (SSSR count). The Bertz CT molecular complexity index is 975. The van der Waals surface area contributed by atoms with Crippen molar-refractivity contribution in [3.05, 3.63) is 59.4 Å². The maximum absolute atomic E-state index is 12.8. The van der Waals surface area contributed by atoms with Crippen molar-refractivity contribution in [2.75, 3.05) is 13.1 Å². The van der Waals surface area contributed by atoms with Gasteiger partial charge in [-0.15, -0.1) is 0 Å². The van der Waals surface area contributed by atoms with Crippen LogP contribution in [0.1, 0.15) is 52.1 Å². The van der Waals surface area contributed by atoms with E-state index in [1.807, 2.05) is 0 Å². The molecule has 2 aliphatic rings. The molecule has 2 aromatic rings. The molecule has 0 spiro atoms. The highest BCUT2D eigenvalue weighted by Crippen LogP contribution is 2.24. The molecule has 0 unspecified atom stereocenters. The lowest BCUT2D eigenvalue weighted by molar-refractivity contribution is 0.0640. The molecule has 2 amide bonds. The van der Waals surface area contributed by atoms with Crippen LogP contribution in [0.4, 0.5) is 0 Å². The molecule has 1 aromatic carbocycles. The van der Waals surface area contributed by atoms with E-state index < -0.39 is 15.9 Å². The molecule has 0 aliphatic carbocycles. The summed E-state index contributed by atoms with van der Waals surface area (Å²) in [4.78, 5) is 30.2. The van der Waals surface area contributed by atoms with E-state index in [0.717, 1.165) is 30.6 Å². The number of benzene rings is 1. The minimum Gasteiger partial charge on any atom is -0.268 e. The highest BCUT2D eigenvalue weighted by atomic mass is 32.2. The highest BCUT2D eigenvalue weighted by Gasteiger charge is 2.36. The number of pyridine rings is 1. The normalized spacial score (nSPS) is 18.2. The van der Waals surface area contributed by atoms with Gasteiger partial charge in [0, 0.05) is 19.3 Å². The topological polar surface area (TPSA) is 87.6 Å². The van der Waals surface area contributed by atoms with E-state index in [1.54, 1.807) is 40.7 Å². The minimum atomic E-state index is -3.52. The van der Waals surface area contributed by atoms with Crippen LogP contribution in [0, 0.1) is 0 Å². The summed E-state index contributed by atoms with van der Waals surface area (Å²) in [7, 11) is -3.52. The van der Waals surface area contributed by atoms with E-state index in [2.05, 4.69) is 4.98 Å². The van der Waals surface area contributed by atoms with Crippen LogP contribution in [0.2, 0.25) is 0 Å². The van der Waals surface area contributed by atoms with Crippen molar-refractivity contribution >= 4 is 21.8 Å². The van der Waals surface area contributed by atoms with E-state index in [1.165, 1.54) is 6.20 Å². The van der Waals surface area contributed by atoms with Gasteiger partial charge in [0.05, 0.1) is 17.0 Å². The number of nitrogens with zero attached hydrogens (tertiary/aromatic N) is 3. The number of amides is 2. The van der Waals surface area contributed by atoms with E-state index in [0.29, 0.717) is 24.2 Å². The second-order valence-electron chi connectivity index (χ2n) is 7.06. The van der Waals surface area contributed by atoms with Gasteiger partial charge in [-0.3, -0.25) is 19.5 Å². The van der Waals surface area contributed by atoms with Crippen LogP contribution in [-0.2, 0) is 16.6 Å². The molecule has 0 bridgehead atoms. The molecule has 2 aliphatic heterocycles. The van der Waals surface area contributed by atoms with Crippen LogP contribution < -0.4 is 0 Å². The summed E-state index contributed by atoms with van der Waals surface area (Å²) in [6.45, 7) is 1.18. The Hall–Kier alpha value is -2.58. The van der Waals surface area contributed by atoms with Gasteiger partial charge >= 0.3 is 0 Å². The Morgan fingerprint density at radius 1 is 0.893 bits per heavy atom. The lowest BCUT2D eigenvalue weighted by Gasteiger charge is -2.20. The van der Waals surface area contributed by atoms with Gasteiger partial charge in [0.15, 0.2) is 0 Å². The molecule has 0 atom stereocenters. The first-order valence-electron chi connectivity index (χ1n) is 9.39. The van der Waals surface area contributed by atoms with Gasteiger partial charge in [0.25, 0.3) is 11.8 Å². The average molecular weight is 399 g/mol. The molecule has 0 radical (unpaired) electrons. The third-order valence-electron chi connectivity index (χ3n) is 5.20. The summed E-state index contributed by atoms with van der Waals surface area (Å²) < 4.78 is 27.2. The largest absolute Gasteiger partial charge is 0.280 e. The predicted octanol–water partition coefficient (Wildman–Crippen LogP) is 2.44. The lowest BCUT2D eigenvalue weighted by Crippen LogP contribution is -2.32. The van der Waals surface area contributed by atoms with Gasteiger partial charge in [-0.2, -0.15) is 4.31 Å². The summed E-state index contributed by atoms with van der Waals surface area (Å²) in [5.41, 5.74) is 1.14. The molecule has 1 aromatic heterocycles. The summed E-state index contributed by atoms with van der Waals surface area (Å²) in [5, 5.41) is 0. The Kier molecular flexibility index (Phi) is 4.99. The van der Waals surface area contributed by atoms with Gasteiger partial charge in [-0.25, -0.2) is 8.42 Å². The van der Waals surface area contributed by atoms with Crippen LogP contribution >= 0.6 is 0 Å². The maximum Gasteiger partial charge on any atom is 0.280 e. The molecule has 8 heteroatoms. The zero-order valence-corrected chi connectivity index (χ0v) is 16.2. The van der Waals surface area contributed by atoms with Gasteiger partial charge in [-0.05, 0) is 42.7 Å². The van der Waals surface area contributed by atoms with Crippen molar-refractivity contribution in [1.29, 1.82) is 0 Å². The van der Waals surface area contributed by atoms with E-state index in [9.17, 15) is 18.0 Å². The molecule has 1 fully saturated rings. The molecule has 0 saturated carbocycles. The maximum atomic E-state index is 12.8. The number of carbonyl (C=O) groups excluding carboxylic acids is 2. The Morgan fingerprint density at radius 2 is 1.57 bits per heavy atom. The number of sulfonamides is 1. The number of fused-ring (bicyclic) bond motifs is 1. The second-order valence-corrected chi connectivity index (χ2v) is 9.00. The number of carbonyl (C=O) groups is 2. The van der Waals surface area contributed by atoms with Crippen LogP contribution in [0.5, 0.6) is 0 Å². The Morgan fingerprint density at radius 3 is 2.21 bits per heavy atom. The predicted molar refractivity (Wildman–Crippen MR) is 102 cm³/mol. The standard InChI is InChI=1S/C20H21N3O4S/c24-19-17-6-5-11-21-18(17)20(25)23(19)14-15-7-9-16(10-8-15)28(26,27)22-12-3-1-2-4-13-22/h5-11H,1-4,12-14H2. The third kappa shape index (κ3) is 3.33. The van der Waals surface area contributed by atoms with Crippen molar-refractivity contribution in [3.8, 4) is 0 Å². The van der Waals surface area contributed by atoms with E-state index >= 15 is 0 Å². The van der Waals surface area contributed by atoms with Gasteiger partial charge in [0.1, 0.15) is 5.69 Å². The zero-order chi connectivity index (χ0) is 19.7. The Balaban J connectivity index is 1.51. The second kappa shape index (κ2) is 7.44. The average Bonchev–Trinajstić information content (AvgIpc) is 2.92. The molecule has 0 N–H and O–H groups in total. The van der Waals surface area contributed by atoms with Crippen molar-refractivity contribution < 1.29 is 18.0 Å². The third-order valence-corrected chi connectivity index (χ3v) is 7.11. The first-order chi connectivity index (χ1) is 13.5. The SMILES string of the molecule is O=C1c2cccnc2C(=O)N1Cc1ccc(S(=O)(=O)N2CCCCCC2)cc1. The van der Waals surface area contributed by atoms with Gasteiger partial charge in [0.2, 0.25) is 10.0 Å². The molecule has 28 heavy (non-hydrogen) atoms. The minimum absolute atomic E-state index is 0.0814. The first-order valence-corrected chi connectivity index (χ1v) is 10.8. The van der Waals surface area contributed by atoms with Crippen molar-refractivity contribution in [2.24, 2.45) is 0 Å². The van der Waals surface area contributed by atoms with Crippen molar-refractivity contribution in [1.82, 2.24) is 14.2 Å². The number of hydrogen-bond donors (Lipinski definition) is 0. The van der Waals surface area contributed by atoms with E-state index in [-0.39, 0.29) is 23.0 Å². The van der Waals surface area contributed by atoms with Crippen LogP contribution in [-0.4, -0.2) is 47.5 Å². The molecule has 1 saturated heterocycles. The van der Waals surface area contributed by atoms with Gasteiger partial charge < -0.3 is 0 Å². The van der Waals surface area contributed by atoms with Crippen LogP contribution in [0.15, 0.2) is 47.5 Å². The first kappa shape index (κ1) is 18.8. The van der Waals surface area contributed by atoms with E-state index in [4.69, 9.17) is 0 Å². The highest BCUT2D eigenvalue weighted by molar-refractivity contribution is 7.89. The van der Waals surface area contributed by atoms with Gasteiger partial charge in [-0.1, -0.05) is 25.0 Å². The zero-order valence-electron chi connectivity index (χ0n) is 15.4. The summed E-state index contributed by atoms with van der Waals surface area (Å²) >= 11 is 0. The smallest absolute Gasteiger partial charge is 0.268 e. The fourth-order valence-electron chi connectivity index (χ4n) is 3.64. The number of aromatic nitrogens is 1. The van der Waals surface area contributed by atoms with Crippen LogP contribution in [0.25, 0.3) is 0 Å². The van der Waals surface area contributed by atoms with Crippen molar-refractivity contribution in [2.45, 2.75) is 37.1 Å². The monoisotopic (exact) mass is 399 g/mol. The summed E-state index contributed by atoms with van der Waals surface area (Å²) in [5.74, 6) is -0.809. The Labute approximate surface area is 164 Å². The molecular formula is C20H21N3O4S. The number of imide groups is 1. The summed E-state index contributed by atoms with van der Waals surface area (Å²) in [6.07, 6.45) is 5.35. The molecule has 3 heterocycles. The molecule has 7 nitrogen and oxygen atoms in total. The fourth-order valence-corrected chi connectivity index (χ4v) is 5.15. The number of rotatable bonds is 4. The lowest BCUT2D eigenvalue weighted by atomic mass is 10.2. The fraction of sp³-hybridized carbons (Fsp3) is 0.350. The quantitative estimate of drug-likeness (QED) is 0.737. The molecule has 146 valence electrons. The molecular weight excluding hydrogens is 378 g/mol.